The lowest BCUT2D eigenvalue weighted by molar-refractivity contribution is -0.757. The summed E-state index contributed by atoms with van der Waals surface area (Å²) in [5, 5.41) is 13.4. The lowest BCUT2D eigenvalue weighted by atomic mass is 10.1. The molecular weight excluding hydrogens is 518 g/mol. The van der Waals surface area contributed by atoms with Gasteiger partial charge in [-0.3, -0.25) is 9.52 Å². The SMILES string of the molecule is CCCc1nc(C)c2c(=O)[nH]c(-c3cc(NS(=O)(=O)C4CN(CCCO[N+](=O)[O-])C4)ccc3OCC)nn12. The van der Waals surface area contributed by atoms with Gasteiger partial charge in [0, 0.05) is 31.7 Å². The van der Waals surface area contributed by atoms with E-state index >= 15 is 0 Å². The number of ether oxygens (including phenoxy) is 1. The third-order valence-electron chi connectivity index (χ3n) is 6.19. The lowest BCUT2D eigenvalue weighted by Gasteiger charge is -2.38. The van der Waals surface area contributed by atoms with Crippen molar-refractivity contribution in [2.45, 2.75) is 45.3 Å². The van der Waals surface area contributed by atoms with Crippen LogP contribution in [-0.4, -0.2) is 76.1 Å². The standard InChI is InChI=1S/C23H31N7O7S/c1-4-7-20-24-15(3)21-23(31)25-22(26-29(20)21)18-12-16(8-9-19(18)36-5-2)27-38(34,35)17-13-28(14-17)10-6-11-37-30(32)33/h8-9,12,17,27H,4-7,10-11,13-14H2,1-3H3,(H,25,26,31). The molecule has 2 aromatic heterocycles. The predicted octanol–water partition coefficient (Wildman–Crippen LogP) is 1.77. The molecule has 1 saturated heterocycles. The Morgan fingerprint density at radius 3 is 2.74 bits per heavy atom. The summed E-state index contributed by atoms with van der Waals surface area (Å²) in [4.78, 5) is 36.6. The van der Waals surface area contributed by atoms with Gasteiger partial charge in [-0.2, -0.15) is 0 Å². The summed E-state index contributed by atoms with van der Waals surface area (Å²) in [7, 11) is -3.71. The topological polar surface area (TPSA) is 174 Å². The third kappa shape index (κ3) is 5.88. The Morgan fingerprint density at radius 2 is 2.05 bits per heavy atom. The fraction of sp³-hybridized carbons (Fsp3) is 0.522. The molecule has 0 spiro atoms. The summed E-state index contributed by atoms with van der Waals surface area (Å²) in [6, 6.07) is 4.81. The highest BCUT2D eigenvalue weighted by Crippen LogP contribution is 2.32. The van der Waals surface area contributed by atoms with E-state index in [1.54, 1.807) is 29.6 Å². The summed E-state index contributed by atoms with van der Waals surface area (Å²) in [5.41, 5.74) is 1.33. The number of hydrogen-bond acceptors (Lipinski definition) is 10. The minimum absolute atomic E-state index is 0.0331. The molecule has 3 heterocycles. The van der Waals surface area contributed by atoms with Gasteiger partial charge in [0.1, 0.15) is 16.8 Å². The van der Waals surface area contributed by atoms with Gasteiger partial charge >= 0.3 is 0 Å². The Labute approximate surface area is 219 Å². The Balaban J connectivity index is 1.56. The first-order valence-corrected chi connectivity index (χ1v) is 13.9. The number of benzene rings is 1. The molecule has 38 heavy (non-hydrogen) atoms. The quantitative estimate of drug-likeness (QED) is 0.182. The summed E-state index contributed by atoms with van der Waals surface area (Å²) in [5.74, 6) is 1.34. The molecule has 0 bridgehead atoms. The normalized spacial score (nSPS) is 14.4. The Kier molecular flexibility index (Phi) is 8.16. The van der Waals surface area contributed by atoms with Crippen LogP contribution >= 0.6 is 0 Å². The van der Waals surface area contributed by atoms with Gasteiger partial charge in [-0.05, 0) is 44.9 Å². The van der Waals surface area contributed by atoms with Crippen LogP contribution in [0.5, 0.6) is 5.75 Å². The number of hydrogen-bond donors (Lipinski definition) is 2. The van der Waals surface area contributed by atoms with E-state index in [1.807, 2.05) is 18.7 Å². The Hall–Kier alpha value is -3.72. The Bertz CT molecular complexity index is 1480. The number of aryl methyl sites for hydroxylation is 2. The molecule has 2 N–H and O–H groups in total. The number of aromatic amines is 1. The minimum atomic E-state index is -3.71. The molecule has 3 aromatic rings. The molecule has 1 aliphatic heterocycles. The molecule has 0 amide bonds. The van der Waals surface area contributed by atoms with Crippen LogP contribution in [0.3, 0.4) is 0 Å². The van der Waals surface area contributed by atoms with Crippen LogP contribution in [0.25, 0.3) is 16.9 Å². The number of rotatable bonds is 13. The molecule has 1 aromatic carbocycles. The second-order valence-electron chi connectivity index (χ2n) is 9.01. The van der Waals surface area contributed by atoms with Gasteiger partial charge < -0.3 is 19.5 Å². The van der Waals surface area contributed by atoms with Gasteiger partial charge in [-0.25, -0.2) is 17.9 Å². The summed E-state index contributed by atoms with van der Waals surface area (Å²) >= 11 is 0. The second-order valence-corrected chi connectivity index (χ2v) is 11.0. The van der Waals surface area contributed by atoms with E-state index < -0.39 is 20.4 Å². The number of imidazole rings is 1. The van der Waals surface area contributed by atoms with E-state index in [2.05, 4.69) is 24.6 Å². The van der Waals surface area contributed by atoms with Crippen molar-refractivity contribution in [1.29, 1.82) is 0 Å². The molecule has 1 aliphatic rings. The van der Waals surface area contributed by atoms with E-state index in [-0.39, 0.29) is 18.0 Å². The maximum atomic E-state index is 13.0. The number of anilines is 1. The lowest BCUT2D eigenvalue weighted by Crippen LogP contribution is -2.56. The average Bonchev–Trinajstić information content (AvgIpc) is 3.14. The van der Waals surface area contributed by atoms with Gasteiger partial charge in [0.05, 0.1) is 24.5 Å². The highest BCUT2D eigenvalue weighted by atomic mass is 32.2. The van der Waals surface area contributed by atoms with Crippen LogP contribution < -0.4 is 15.0 Å². The van der Waals surface area contributed by atoms with Gasteiger partial charge in [0.25, 0.3) is 10.6 Å². The average molecular weight is 550 g/mol. The maximum absolute atomic E-state index is 13.0. The molecule has 0 saturated carbocycles. The first-order valence-electron chi connectivity index (χ1n) is 12.4. The van der Waals surface area contributed by atoms with Crippen LogP contribution in [-0.2, 0) is 21.3 Å². The van der Waals surface area contributed by atoms with Gasteiger partial charge in [0.2, 0.25) is 10.0 Å². The summed E-state index contributed by atoms with van der Waals surface area (Å²) < 4.78 is 35.9. The van der Waals surface area contributed by atoms with Gasteiger partial charge in [0.15, 0.2) is 11.3 Å². The predicted molar refractivity (Wildman–Crippen MR) is 139 cm³/mol. The van der Waals surface area contributed by atoms with E-state index in [0.717, 1.165) is 6.42 Å². The molecule has 14 nitrogen and oxygen atoms in total. The molecule has 0 unspecified atom stereocenters. The van der Waals surface area contributed by atoms with E-state index in [0.29, 0.717) is 73.1 Å². The van der Waals surface area contributed by atoms with Crippen molar-refractivity contribution in [2.75, 3.05) is 37.6 Å². The second kappa shape index (κ2) is 11.3. The first kappa shape index (κ1) is 27.3. The number of nitrogens with zero attached hydrogens (tertiary/aromatic N) is 5. The van der Waals surface area contributed by atoms with Crippen LogP contribution in [0.1, 0.15) is 38.2 Å². The minimum Gasteiger partial charge on any atom is -0.493 e. The highest BCUT2D eigenvalue weighted by Gasteiger charge is 2.37. The maximum Gasteiger partial charge on any atom is 0.294 e. The fourth-order valence-electron chi connectivity index (χ4n) is 4.38. The van der Waals surface area contributed by atoms with Crippen molar-refractivity contribution >= 4 is 21.2 Å². The van der Waals surface area contributed by atoms with Crippen molar-refractivity contribution in [3.8, 4) is 17.1 Å². The zero-order chi connectivity index (χ0) is 27.4. The monoisotopic (exact) mass is 549 g/mol. The number of H-pyrrole nitrogens is 1. The highest BCUT2D eigenvalue weighted by molar-refractivity contribution is 7.93. The number of nitrogens with one attached hydrogen (secondary N) is 2. The summed E-state index contributed by atoms with van der Waals surface area (Å²) in [6.07, 6.45) is 1.90. The molecule has 1 fully saturated rings. The van der Waals surface area contributed by atoms with Crippen molar-refractivity contribution in [3.05, 3.63) is 50.2 Å². The molecule has 0 atom stereocenters. The smallest absolute Gasteiger partial charge is 0.294 e. The van der Waals surface area contributed by atoms with Gasteiger partial charge in [-0.15, -0.1) is 15.2 Å². The zero-order valence-corrected chi connectivity index (χ0v) is 22.3. The van der Waals surface area contributed by atoms with Crippen molar-refractivity contribution in [2.24, 2.45) is 0 Å². The van der Waals surface area contributed by atoms with Crippen LogP contribution in [0.15, 0.2) is 23.0 Å². The van der Waals surface area contributed by atoms with Crippen LogP contribution in [0.2, 0.25) is 0 Å². The van der Waals surface area contributed by atoms with Gasteiger partial charge in [-0.1, -0.05) is 6.92 Å². The third-order valence-corrected chi connectivity index (χ3v) is 7.88. The fourth-order valence-corrected chi connectivity index (χ4v) is 5.82. The van der Waals surface area contributed by atoms with Crippen molar-refractivity contribution in [1.82, 2.24) is 24.5 Å². The zero-order valence-electron chi connectivity index (χ0n) is 21.5. The van der Waals surface area contributed by atoms with Crippen molar-refractivity contribution < 1.29 is 23.1 Å². The molecule has 0 radical (unpaired) electrons. The molecule has 0 aliphatic carbocycles. The van der Waals surface area contributed by atoms with Crippen molar-refractivity contribution in [3.63, 3.8) is 0 Å². The number of sulfonamides is 1. The van der Waals surface area contributed by atoms with E-state index in [1.165, 1.54) is 0 Å². The first-order chi connectivity index (χ1) is 18.1. The summed E-state index contributed by atoms with van der Waals surface area (Å²) in [6.45, 7) is 7.04. The molecule has 206 valence electrons. The van der Waals surface area contributed by atoms with E-state index in [4.69, 9.17) is 4.74 Å². The van der Waals surface area contributed by atoms with E-state index in [9.17, 15) is 23.3 Å². The number of aromatic nitrogens is 4. The number of fused-ring (bicyclic) bond motifs is 1. The molecule has 4 rings (SSSR count). The van der Waals surface area contributed by atoms with Crippen LogP contribution in [0, 0.1) is 17.0 Å². The largest absolute Gasteiger partial charge is 0.493 e. The van der Waals surface area contributed by atoms with Crippen LogP contribution in [0.4, 0.5) is 5.69 Å². The molecule has 15 heteroatoms. The number of likely N-dealkylation sites (tertiary alicyclic amines) is 1. The Morgan fingerprint density at radius 1 is 1.29 bits per heavy atom. The molecular formula is C23H31N7O7S.